The van der Waals surface area contributed by atoms with Crippen LogP contribution in [0.1, 0.15) is 29.8 Å². The van der Waals surface area contributed by atoms with Crippen LogP contribution in [0.5, 0.6) is 5.75 Å². The van der Waals surface area contributed by atoms with Gasteiger partial charge in [-0.15, -0.1) is 11.3 Å². The van der Waals surface area contributed by atoms with E-state index < -0.39 is 6.10 Å². The number of hydrogen-bond acceptors (Lipinski definition) is 3. The first kappa shape index (κ1) is 13.1. The molecule has 2 heterocycles. The van der Waals surface area contributed by atoms with Crippen LogP contribution in [-0.2, 0) is 0 Å². The molecule has 0 fully saturated rings. The maximum absolute atomic E-state index is 10.4. The van der Waals surface area contributed by atoms with Gasteiger partial charge in [-0.3, -0.25) is 0 Å². The fourth-order valence-electron chi connectivity index (χ4n) is 2.86. The zero-order valence-electron chi connectivity index (χ0n) is 11.1. The molecule has 0 spiro atoms. The lowest BCUT2D eigenvalue weighted by Crippen LogP contribution is -2.18. The molecule has 106 valence electrons. The summed E-state index contributed by atoms with van der Waals surface area (Å²) in [6.07, 6.45) is -0.116. The Kier molecular flexibility index (Phi) is 3.14. The third kappa shape index (κ3) is 2.22. The predicted octanol–water partition coefficient (Wildman–Crippen LogP) is 5.11. The molecule has 4 rings (SSSR count). The van der Waals surface area contributed by atoms with Crippen molar-refractivity contribution in [2.45, 2.75) is 18.6 Å². The van der Waals surface area contributed by atoms with Gasteiger partial charge in [0.25, 0.3) is 0 Å². The molecule has 0 aliphatic carbocycles. The van der Waals surface area contributed by atoms with Crippen LogP contribution in [0.3, 0.4) is 0 Å². The van der Waals surface area contributed by atoms with Crippen molar-refractivity contribution in [2.75, 3.05) is 0 Å². The van der Waals surface area contributed by atoms with Gasteiger partial charge in [0.15, 0.2) is 0 Å². The van der Waals surface area contributed by atoms with Crippen molar-refractivity contribution in [1.82, 2.24) is 0 Å². The molecule has 0 radical (unpaired) electrons. The van der Waals surface area contributed by atoms with Gasteiger partial charge in [-0.25, -0.2) is 0 Å². The van der Waals surface area contributed by atoms with E-state index in [-0.39, 0.29) is 6.10 Å². The maximum atomic E-state index is 10.4. The number of aliphatic hydroxyl groups is 1. The standard InChI is InChI=1S/C17H13ClO2S/c18-10-5-6-15-12(7-10)14(19)8-16(20-15)13-9-21-17-4-2-1-3-11(13)17/h1-7,9,14,16,19H,8H2. The molecule has 2 atom stereocenters. The van der Waals surface area contributed by atoms with Crippen LogP contribution in [-0.4, -0.2) is 5.11 Å². The van der Waals surface area contributed by atoms with Gasteiger partial charge in [-0.05, 0) is 35.0 Å². The molecular weight excluding hydrogens is 304 g/mol. The smallest absolute Gasteiger partial charge is 0.128 e. The van der Waals surface area contributed by atoms with E-state index in [1.54, 1.807) is 23.5 Å². The molecule has 1 aliphatic rings. The van der Waals surface area contributed by atoms with Crippen molar-refractivity contribution >= 4 is 33.0 Å². The van der Waals surface area contributed by atoms with Gasteiger partial charge in [0.2, 0.25) is 0 Å². The van der Waals surface area contributed by atoms with Crippen molar-refractivity contribution in [3.63, 3.8) is 0 Å². The van der Waals surface area contributed by atoms with Crippen molar-refractivity contribution in [3.05, 3.63) is 64.0 Å². The highest BCUT2D eigenvalue weighted by molar-refractivity contribution is 7.17. The number of hydrogen-bond donors (Lipinski definition) is 1. The van der Waals surface area contributed by atoms with Crippen LogP contribution >= 0.6 is 22.9 Å². The molecule has 1 aromatic heterocycles. The summed E-state index contributed by atoms with van der Waals surface area (Å²) in [5, 5.41) is 14.3. The number of thiophene rings is 1. The van der Waals surface area contributed by atoms with E-state index in [0.717, 1.165) is 16.9 Å². The molecule has 2 nitrogen and oxygen atoms in total. The summed E-state index contributed by atoms with van der Waals surface area (Å²) in [5.41, 5.74) is 1.92. The van der Waals surface area contributed by atoms with Crippen LogP contribution in [0.25, 0.3) is 10.1 Å². The fraction of sp³-hybridized carbons (Fsp3) is 0.176. The van der Waals surface area contributed by atoms with Crippen LogP contribution < -0.4 is 4.74 Å². The van der Waals surface area contributed by atoms with Crippen molar-refractivity contribution < 1.29 is 9.84 Å². The second-order valence-electron chi connectivity index (χ2n) is 5.23. The number of rotatable bonds is 1. The van der Waals surface area contributed by atoms with Crippen molar-refractivity contribution in [2.24, 2.45) is 0 Å². The second kappa shape index (κ2) is 5.02. The van der Waals surface area contributed by atoms with E-state index in [4.69, 9.17) is 16.3 Å². The minimum Gasteiger partial charge on any atom is -0.485 e. The highest BCUT2D eigenvalue weighted by Crippen LogP contribution is 2.44. The van der Waals surface area contributed by atoms with Gasteiger partial charge in [0.05, 0.1) is 6.10 Å². The van der Waals surface area contributed by atoms with Gasteiger partial charge in [0.1, 0.15) is 11.9 Å². The van der Waals surface area contributed by atoms with Crippen LogP contribution in [0.15, 0.2) is 47.8 Å². The topological polar surface area (TPSA) is 29.5 Å². The largest absolute Gasteiger partial charge is 0.485 e. The number of aliphatic hydroxyl groups excluding tert-OH is 1. The van der Waals surface area contributed by atoms with Crippen molar-refractivity contribution in [3.8, 4) is 5.75 Å². The van der Waals surface area contributed by atoms with Gasteiger partial charge in [-0.1, -0.05) is 29.8 Å². The molecule has 0 amide bonds. The Balaban J connectivity index is 1.76. The molecule has 2 unspecified atom stereocenters. The molecular formula is C17H13ClO2S. The molecule has 1 N–H and O–H groups in total. The summed E-state index contributed by atoms with van der Waals surface area (Å²) in [4.78, 5) is 0. The lowest BCUT2D eigenvalue weighted by atomic mass is 9.95. The predicted molar refractivity (Wildman–Crippen MR) is 86.2 cm³/mol. The molecule has 21 heavy (non-hydrogen) atoms. The number of benzene rings is 2. The van der Waals surface area contributed by atoms with Crippen LogP contribution in [0, 0.1) is 0 Å². The summed E-state index contributed by atoms with van der Waals surface area (Å²) >= 11 is 7.70. The molecule has 4 heteroatoms. The van der Waals surface area contributed by atoms with E-state index in [9.17, 15) is 5.11 Å². The number of ether oxygens (including phenoxy) is 1. The minimum absolute atomic E-state index is 0.121. The van der Waals surface area contributed by atoms with E-state index in [2.05, 4.69) is 17.5 Å². The first-order valence-corrected chi connectivity index (χ1v) is 8.08. The average molecular weight is 317 g/mol. The summed E-state index contributed by atoms with van der Waals surface area (Å²) < 4.78 is 7.34. The molecule has 2 aromatic carbocycles. The van der Waals surface area contributed by atoms with Gasteiger partial charge in [0, 0.05) is 27.3 Å². The SMILES string of the molecule is OC1CC(c2csc3ccccc23)Oc2ccc(Cl)cc21. The van der Waals surface area contributed by atoms with Crippen LogP contribution in [0.2, 0.25) is 5.02 Å². The van der Waals surface area contributed by atoms with Gasteiger partial charge >= 0.3 is 0 Å². The molecule has 0 bridgehead atoms. The monoisotopic (exact) mass is 316 g/mol. The zero-order valence-corrected chi connectivity index (χ0v) is 12.7. The molecule has 1 aliphatic heterocycles. The lowest BCUT2D eigenvalue weighted by molar-refractivity contribution is 0.0666. The Bertz CT molecular complexity index is 811. The summed E-state index contributed by atoms with van der Waals surface area (Å²) in [6.45, 7) is 0. The summed E-state index contributed by atoms with van der Waals surface area (Å²) in [6, 6.07) is 13.7. The first-order chi connectivity index (χ1) is 10.2. The van der Waals surface area contributed by atoms with Gasteiger partial charge in [-0.2, -0.15) is 0 Å². The Hall–Kier alpha value is -1.55. The fourth-order valence-corrected chi connectivity index (χ4v) is 4.04. The lowest BCUT2D eigenvalue weighted by Gasteiger charge is -2.29. The Morgan fingerprint density at radius 2 is 2.00 bits per heavy atom. The summed E-state index contributed by atoms with van der Waals surface area (Å²) in [5.74, 6) is 0.721. The van der Waals surface area contributed by atoms with E-state index >= 15 is 0 Å². The van der Waals surface area contributed by atoms with Gasteiger partial charge < -0.3 is 9.84 Å². The Labute approximate surface area is 131 Å². The minimum atomic E-state index is -0.545. The highest BCUT2D eigenvalue weighted by atomic mass is 35.5. The highest BCUT2D eigenvalue weighted by Gasteiger charge is 2.29. The quantitative estimate of drug-likeness (QED) is 0.676. The second-order valence-corrected chi connectivity index (χ2v) is 6.58. The normalized spacial score (nSPS) is 21.0. The van der Waals surface area contributed by atoms with Crippen LogP contribution in [0.4, 0.5) is 0 Å². The third-order valence-corrected chi connectivity index (χ3v) is 5.11. The number of halogens is 1. The molecule has 3 aromatic rings. The molecule has 0 saturated carbocycles. The number of fused-ring (bicyclic) bond motifs is 2. The average Bonchev–Trinajstić information content (AvgIpc) is 2.92. The Morgan fingerprint density at radius 3 is 2.90 bits per heavy atom. The zero-order chi connectivity index (χ0) is 14.4. The summed E-state index contributed by atoms with van der Waals surface area (Å²) in [7, 11) is 0. The third-order valence-electron chi connectivity index (χ3n) is 3.90. The van der Waals surface area contributed by atoms with E-state index in [1.165, 1.54) is 10.1 Å². The first-order valence-electron chi connectivity index (χ1n) is 6.82. The van der Waals surface area contributed by atoms with Crippen molar-refractivity contribution in [1.29, 1.82) is 0 Å². The maximum Gasteiger partial charge on any atom is 0.128 e. The van der Waals surface area contributed by atoms with E-state index in [0.29, 0.717) is 11.4 Å². The molecule has 0 saturated heterocycles. The van der Waals surface area contributed by atoms with E-state index in [1.807, 2.05) is 18.2 Å². The Morgan fingerprint density at radius 1 is 1.14 bits per heavy atom.